The summed E-state index contributed by atoms with van der Waals surface area (Å²) in [5, 5.41) is 98.7. The molecule has 11 heteroatoms. The van der Waals surface area contributed by atoms with E-state index in [4.69, 9.17) is 9.47 Å². The zero-order chi connectivity index (χ0) is 27.5. The van der Waals surface area contributed by atoms with Crippen LogP contribution in [-0.4, -0.2) is 118 Å². The van der Waals surface area contributed by atoms with Crippen LogP contribution in [0.25, 0.3) is 0 Å². The molecule has 4 saturated carbocycles. The van der Waals surface area contributed by atoms with Gasteiger partial charge in [-0.2, -0.15) is 0 Å². The normalized spacial score (nSPS) is 61.1. The van der Waals surface area contributed by atoms with Crippen molar-refractivity contribution in [3.05, 3.63) is 0 Å². The number of hydrogen-bond acceptors (Lipinski definition) is 11. The summed E-state index contributed by atoms with van der Waals surface area (Å²) in [5.74, 6) is -1.82. The molecule has 0 unspecified atom stereocenters. The van der Waals surface area contributed by atoms with E-state index >= 15 is 0 Å². The Morgan fingerprint density at radius 1 is 0.838 bits per heavy atom. The summed E-state index contributed by atoms with van der Waals surface area (Å²) in [6.07, 6.45) is -9.39. The van der Waals surface area contributed by atoms with Gasteiger partial charge in [-0.3, -0.25) is 0 Å². The minimum Gasteiger partial charge on any atom is -0.394 e. The molecule has 11 nitrogen and oxygen atoms in total. The third-order valence-corrected chi connectivity index (χ3v) is 11.5. The molecule has 0 aromatic carbocycles. The Morgan fingerprint density at radius 2 is 1.49 bits per heavy atom. The van der Waals surface area contributed by atoms with Gasteiger partial charge in [0.25, 0.3) is 0 Å². The zero-order valence-electron chi connectivity index (χ0n) is 21.9. The lowest BCUT2D eigenvalue weighted by Crippen LogP contribution is -2.61. The maximum atomic E-state index is 12.1. The Balaban J connectivity index is 1.51. The summed E-state index contributed by atoms with van der Waals surface area (Å²) >= 11 is 0. The highest BCUT2D eigenvalue weighted by Gasteiger charge is 2.76. The summed E-state index contributed by atoms with van der Waals surface area (Å²) in [7, 11) is 0. The van der Waals surface area contributed by atoms with Gasteiger partial charge in [0.2, 0.25) is 0 Å². The Kier molecular flexibility index (Phi) is 6.48. The summed E-state index contributed by atoms with van der Waals surface area (Å²) in [6, 6.07) is 0. The van der Waals surface area contributed by atoms with Crippen LogP contribution in [0.3, 0.4) is 0 Å². The molecule has 5 aliphatic rings. The van der Waals surface area contributed by atoms with Crippen LogP contribution in [0, 0.1) is 28.6 Å². The highest BCUT2D eigenvalue weighted by molar-refractivity contribution is 5.26. The fourth-order valence-corrected chi connectivity index (χ4v) is 9.34. The van der Waals surface area contributed by atoms with Crippen LogP contribution >= 0.6 is 0 Å². The minimum atomic E-state index is -1.80. The van der Waals surface area contributed by atoms with Crippen molar-refractivity contribution in [2.24, 2.45) is 28.6 Å². The number of aliphatic hydroxyl groups is 9. The predicted molar refractivity (Wildman–Crippen MR) is 127 cm³/mol. The van der Waals surface area contributed by atoms with Gasteiger partial charge in [0, 0.05) is 22.7 Å². The molecule has 5 fully saturated rings. The Labute approximate surface area is 216 Å². The second-order valence-corrected chi connectivity index (χ2v) is 13.5. The molecule has 0 radical (unpaired) electrons. The molecule has 1 heterocycles. The van der Waals surface area contributed by atoms with Crippen molar-refractivity contribution in [2.45, 2.75) is 126 Å². The van der Waals surface area contributed by atoms with Gasteiger partial charge < -0.3 is 55.4 Å². The van der Waals surface area contributed by atoms with Crippen molar-refractivity contribution in [3.63, 3.8) is 0 Å². The van der Waals surface area contributed by atoms with Crippen LogP contribution in [0.5, 0.6) is 0 Å². The number of aliphatic hydroxyl groups excluding tert-OH is 7. The fraction of sp³-hybridized carbons (Fsp3) is 1.00. The molecule has 1 aliphatic heterocycles. The van der Waals surface area contributed by atoms with Crippen LogP contribution in [-0.2, 0) is 9.47 Å². The monoisotopic (exact) mass is 532 g/mol. The average Bonchev–Trinajstić information content (AvgIpc) is 3.04. The second-order valence-electron chi connectivity index (χ2n) is 13.5. The van der Waals surface area contributed by atoms with Gasteiger partial charge in [-0.25, -0.2) is 0 Å². The van der Waals surface area contributed by atoms with Crippen LogP contribution in [0.1, 0.15) is 59.8 Å². The van der Waals surface area contributed by atoms with E-state index in [0.29, 0.717) is 12.8 Å². The van der Waals surface area contributed by atoms with Crippen molar-refractivity contribution in [2.75, 3.05) is 6.61 Å². The average molecular weight is 533 g/mol. The first-order chi connectivity index (χ1) is 17.0. The fourth-order valence-electron chi connectivity index (χ4n) is 9.34. The molecule has 5 rings (SSSR count). The topological polar surface area (TPSA) is 201 Å². The minimum absolute atomic E-state index is 0.0255. The molecule has 1 spiro atoms. The number of fused-ring (bicyclic) bond motifs is 2. The zero-order valence-corrected chi connectivity index (χ0v) is 21.9. The lowest BCUT2D eigenvalue weighted by Gasteiger charge is -2.51. The first kappa shape index (κ1) is 28.1. The van der Waals surface area contributed by atoms with Crippen molar-refractivity contribution in [1.82, 2.24) is 0 Å². The van der Waals surface area contributed by atoms with Crippen molar-refractivity contribution < 1.29 is 55.4 Å². The van der Waals surface area contributed by atoms with E-state index in [1.807, 2.05) is 0 Å². The number of hydrogen-bond donors (Lipinski definition) is 9. The molecule has 0 amide bonds. The third-order valence-electron chi connectivity index (χ3n) is 11.5. The molecule has 2 bridgehead atoms. The number of ether oxygens (including phenoxy) is 2. The highest BCUT2D eigenvalue weighted by atomic mass is 16.7. The van der Waals surface area contributed by atoms with Gasteiger partial charge in [0.05, 0.1) is 36.1 Å². The molecule has 214 valence electrons. The molecular formula is C26H44O11. The van der Waals surface area contributed by atoms with Crippen molar-refractivity contribution in [3.8, 4) is 0 Å². The lowest BCUT2D eigenvalue weighted by molar-refractivity contribution is -0.330. The summed E-state index contributed by atoms with van der Waals surface area (Å²) < 4.78 is 11.9. The van der Waals surface area contributed by atoms with E-state index in [9.17, 15) is 46.0 Å². The maximum absolute atomic E-state index is 12.1. The van der Waals surface area contributed by atoms with Gasteiger partial charge in [-0.15, -0.1) is 0 Å². The van der Waals surface area contributed by atoms with E-state index in [0.717, 1.165) is 0 Å². The SMILES string of the molecule is CC1(C)[C@@H](O)C[C@H]2[C@](C)(O)[C@@H]3CC[C@@H]4[C@@H](O)[C@@]3(C[C@@H](O)[C@@]21O)C[C@@]4(C)O[C@H]1O[C@H](CO)[C@@H](O)[C@H](O)[C@H]1O. The van der Waals surface area contributed by atoms with Crippen molar-refractivity contribution >= 4 is 0 Å². The van der Waals surface area contributed by atoms with Gasteiger partial charge in [0.15, 0.2) is 6.29 Å². The first-order valence-electron chi connectivity index (χ1n) is 13.5. The maximum Gasteiger partial charge on any atom is 0.187 e. The summed E-state index contributed by atoms with van der Waals surface area (Å²) in [5.41, 5.74) is -6.59. The standard InChI is InChI=1S/C26H44O11/c1-22(2)15(28)7-14-24(4,34)13-6-5-11-20(33)25(13,8-16(29)26(14,22)35)10-23(11,3)37-21-19(32)18(31)17(30)12(9-27)36-21/h11-21,27-35H,5-10H2,1-4H3/t11-,12-,13+,14+,15+,16-,17-,18+,19-,20-,21-,23-,24-,25+,26+/m1/s1. The Morgan fingerprint density at radius 3 is 2.11 bits per heavy atom. The summed E-state index contributed by atoms with van der Waals surface area (Å²) in [6.45, 7) is 6.15. The molecule has 9 N–H and O–H groups in total. The Bertz CT molecular complexity index is 896. The molecule has 15 atom stereocenters. The van der Waals surface area contributed by atoms with Gasteiger partial charge in [-0.1, -0.05) is 13.8 Å². The second kappa shape index (κ2) is 8.53. The lowest BCUT2D eigenvalue weighted by atomic mass is 9.57. The smallest absolute Gasteiger partial charge is 0.187 e. The van der Waals surface area contributed by atoms with E-state index in [1.54, 1.807) is 27.7 Å². The van der Waals surface area contributed by atoms with Gasteiger partial charge in [0.1, 0.15) is 30.0 Å². The van der Waals surface area contributed by atoms with Gasteiger partial charge in [-0.05, 0) is 51.9 Å². The molecular weight excluding hydrogens is 488 g/mol. The van der Waals surface area contributed by atoms with Crippen LogP contribution in [0.4, 0.5) is 0 Å². The molecule has 37 heavy (non-hydrogen) atoms. The van der Waals surface area contributed by atoms with Crippen LogP contribution in [0.2, 0.25) is 0 Å². The van der Waals surface area contributed by atoms with Crippen LogP contribution < -0.4 is 0 Å². The van der Waals surface area contributed by atoms with E-state index in [-0.39, 0.29) is 19.3 Å². The van der Waals surface area contributed by atoms with Crippen molar-refractivity contribution in [1.29, 1.82) is 0 Å². The van der Waals surface area contributed by atoms with E-state index in [2.05, 4.69) is 0 Å². The quantitative estimate of drug-likeness (QED) is 0.194. The summed E-state index contributed by atoms with van der Waals surface area (Å²) in [4.78, 5) is 0. The van der Waals surface area contributed by atoms with Gasteiger partial charge >= 0.3 is 0 Å². The highest BCUT2D eigenvalue weighted by Crippen LogP contribution is 2.70. The first-order valence-corrected chi connectivity index (χ1v) is 13.5. The predicted octanol–water partition coefficient (Wildman–Crippen LogP) is -2.01. The largest absolute Gasteiger partial charge is 0.394 e. The molecule has 0 aromatic rings. The molecule has 1 saturated heterocycles. The Hall–Kier alpha value is -0.440. The van der Waals surface area contributed by atoms with Crippen LogP contribution in [0.15, 0.2) is 0 Å². The van der Waals surface area contributed by atoms with E-state index < -0.39 is 101 Å². The molecule has 4 aliphatic carbocycles. The molecule has 0 aromatic heterocycles. The number of rotatable bonds is 3. The third kappa shape index (κ3) is 3.46. The van der Waals surface area contributed by atoms with E-state index in [1.165, 1.54) is 0 Å².